The van der Waals surface area contributed by atoms with Gasteiger partial charge in [-0.15, -0.1) is 0 Å². The number of likely N-dealkylation sites (N-methyl/N-ethyl adjacent to an activating group) is 2. The van der Waals surface area contributed by atoms with Gasteiger partial charge in [-0.3, -0.25) is 0 Å². The summed E-state index contributed by atoms with van der Waals surface area (Å²) in [6, 6.07) is 23.8. The molecule has 0 heterocycles. The molecule has 0 radical (unpaired) electrons. The van der Waals surface area contributed by atoms with E-state index in [9.17, 15) is 26.4 Å². The number of benzene rings is 4. The summed E-state index contributed by atoms with van der Waals surface area (Å²) in [6.07, 6.45) is 2.47. The number of ether oxygens (including phenoxy) is 6. The summed E-state index contributed by atoms with van der Waals surface area (Å²) in [5, 5.41) is 12.2. The Morgan fingerprint density at radius 1 is 0.487 bits per heavy atom. The molecular weight excluding hydrogens is 1060 g/mol. The standard InChI is InChI=1S/C52H72Cl2N8O12S2/c1-61(2)47-33-37-7-9-39(53)35-45(37)49(47)73-41-11-15-43(16-12-41)75(65,66)59-23-27-71-31-29-69-25-21-57-51(63)55-19-5-6-20-56-52(64)58-22-26-70-30-32-72-28-24-60-76(67,68)44-17-13-42(14-18-44)74-50-46-36-40(54)10-8-38(46)34-48(50)62(3)4/h7-18,35-36,47-50,59-60H,5-6,19-34H2,1-4H3,(H2,55,57,63)(H2,56,58,64)/t47-,48?,49-,50-/m0/s1. The van der Waals surface area contributed by atoms with Crippen LogP contribution in [0.4, 0.5) is 9.59 Å². The van der Waals surface area contributed by atoms with Crippen LogP contribution in [-0.4, -0.2) is 171 Å². The van der Waals surface area contributed by atoms with E-state index in [4.69, 9.17) is 51.6 Å². The molecule has 2 aliphatic carbocycles. The van der Waals surface area contributed by atoms with Crippen LogP contribution in [0.1, 0.15) is 47.3 Å². The maximum absolute atomic E-state index is 12.9. The fourth-order valence-corrected chi connectivity index (χ4v) is 10.9. The molecule has 0 bridgehead atoms. The number of nitrogens with zero attached hydrogens (tertiary/aromatic N) is 2. The maximum atomic E-state index is 12.9. The van der Waals surface area contributed by atoms with Crippen molar-refractivity contribution in [2.45, 2.75) is 59.8 Å². The van der Waals surface area contributed by atoms with Gasteiger partial charge >= 0.3 is 12.1 Å². The molecule has 0 fully saturated rings. The number of hydrogen-bond acceptors (Lipinski definition) is 14. The van der Waals surface area contributed by atoms with E-state index in [1.807, 2.05) is 64.6 Å². The van der Waals surface area contributed by atoms with Crippen molar-refractivity contribution in [3.63, 3.8) is 0 Å². The van der Waals surface area contributed by atoms with Crippen LogP contribution in [0.25, 0.3) is 0 Å². The fraction of sp³-hybridized carbons (Fsp3) is 0.500. The summed E-state index contributed by atoms with van der Waals surface area (Å²) in [5.41, 5.74) is 4.41. The molecule has 6 rings (SSSR count). The van der Waals surface area contributed by atoms with Gasteiger partial charge in [0.15, 0.2) is 0 Å². The highest BCUT2D eigenvalue weighted by atomic mass is 35.5. The van der Waals surface area contributed by atoms with Crippen molar-refractivity contribution in [3.8, 4) is 11.5 Å². The molecule has 0 saturated carbocycles. The molecule has 418 valence electrons. The Hall–Kier alpha value is -4.82. The van der Waals surface area contributed by atoms with Crippen molar-refractivity contribution in [2.75, 3.05) is 120 Å². The number of urea groups is 2. The van der Waals surface area contributed by atoms with E-state index in [2.05, 4.69) is 40.5 Å². The zero-order valence-electron chi connectivity index (χ0n) is 43.5. The number of sulfonamides is 2. The van der Waals surface area contributed by atoms with Gasteiger partial charge in [-0.25, -0.2) is 35.9 Å². The summed E-state index contributed by atoms with van der Waals surface area (Å²) in [5.74, 6) is 1.11. The maximum Gasteiger partial charge on any atom is 0.314 e. The molecule has 1 unspecified atom stereocenters. The molecule has 0 saturated heterocycles. The van der Waals surface area contributed by atoms with Crippen molar-refractivity contribution in [1.82, 2.24) is 40.5 Å². The Bertz CT molecular complexity index is 2510. The summed E-state index contributed by atoms with van der Waals surface area (Å²) in [7, 11) is 0.492. The van der Waals surface area contributed by atoms with E-state index in [1.165, 1.54) is 35.4 Å². The summed E-state index contributed by atoms with van der Waals surface area (Å²) < 4.78 is 91.2. The van der Waals surface area contributed by atoms with Gasteiger partial charge in [-0.2, -0.15) is 0 Å². The van der Waals surface area contributed by atoms with Gasteiger partial charge in [0, 0.05) is 49.3 Å². The van der Waals surface area contributed by atoms with Gasteiger partial charge in [-0.05, 0) is 149 Å². The third-order valence-corrected chi connectivity index (χ3v) is 16.0. The van der Waals surface area contributed by atoms with E-state index in [1.54, 1.807) is 24.3 Å². The lowest BCUT2D eigenvalue weighted by Crippen LogP contribution is -2.39. The topological polar surface area (TPSA) is 236 Å². The number of amides is 4. The average Bonchev–Trinajstić information content (AvgIpc) is 3.95. The fourth-order valence-electron chi connectivity index (χ4n) is 8.55. The first-order valence-corrected chi connectivity index (χ1v) is 29.0. The number of fused-ring (bicyclic) bond motifs is 2. The second-order valence-corrected chi connectivity index (χ2v) is 22.9. The number of nitrogens with one attached hydrogen (secondary N) is 6. The molecule has 4 amide bonds. The summed E-state index contributed by atoms with van der Waals surface area (Å²) in [4.78, 5) is 28.6. The minimum absolute atomic E-state index is 0.0767. The minimum Gasteiger partial charge on any atom is -0.484 e. The van der Waals surface area contributed by atoms with Gasteiger partial charge in [0.25, 0.3) is 0 Å². The molecular formula is C52H72Cl2N8O12S2. The largest absolute Gasteiger partial charge is 0.484 e. The number of carbonyl (C=O) groups excluding carboxylic acids is 2. The highest BCUT2D eigenvalue weighted by molar-refractivity contribution is 7.89. The first kappa shape index (κ1) is 60.4. The van der Waals surface area contributed by atoms with E-state index in [0.29, 0.717) is 47.5 Å². The van der Waals surface area contributed by atoms with Crippen LogP contribution >= 0.6 is 23.2 Å². The van der Waals surface area contributed by atoms with E-state index in [0.717, 1.165) is 24.0 Å². The van der Waals surface area contributed by atoms with Crippen molar-refractivity contribution in [2.24, 2.45) is 0 Å². The lowest BCUT2D eigenvalue weighted by molar-refractivity contribution is 0.0516. The molecule has 24 heteroatoms. The van der Waals surface area contributed by atoms with Crippen LogP contribution in [0.3, 0.4) is 0 Å². The van der Waals surface area contributed by atoms with Crippen molar-refractivity contribution >= 4 is 55.3 Å². The monoisotopic (exact) mass is 1130 g/mol. The van der Waals surface area contributed by atoms with Crippen LogP contribution in [-0.2, 0) is 51.8 Å². The quantitative estimate of drug-likeness (QED) is 0.0348. The third kappa shape index (κ3) is 19.0. The van der Waals surface area contributed by atoms with E-state index in [-0.39, 0.29) is 125 Å². The number of rotatable bonds is 33. The number of unbranched alkanes of at least 4 members (excludes halogenated alkanes) is 1. The minimum atomic E-state index is -3.76. The highest BCUT2D eigenvalue weighted by Crippen LogP contribution is 2.40. The molecule has 0 spiro atoms. The zero-order valence-corrected chi connectivity index (χ0v) is 46.6. The predicted molar refractivity (Wildman–Crippen MR) is 291 cm³/mol. The lowest BCUT2D eigenvalue weighted by Gasteiger charge is -2.27. The first-order valence-electron chi connectivity index (χ1n) is 25.3. The Kier molecular flexibility index (Phi) is 24.1. The van der Waals surface area contributed by atoms with Crippen molar-refractivity contribution in [1.29, 1.82) is 0 Å². The molecule has 0 aromatic heterocycles. The zero-order chi connectivity index (χ0) is 54.5. The third-order valence-electron chi connectivity index (χ3n) is 12.6. The van der Waals surface area contributed by atoms with Gasteiger partial charge < -0.3 is 59.5 Å². The number of halogens is 2. The molecule has 2 aliphatic rings. The van der Waals surface area contributed by atoms with Crippen LogP contribution in [0.5, 0.6) is 11.5 Å². The second-order valence-electron chi connectivity index (χ2n) is 18.5. The molecule has 6 N–H and O–H groups in total. The van der Waals surface area contributed by atoms with Crippen LogP contribution in [0.2, 0.25) is 10.0 Å². The Labute approximate surface area is 457 Å². The van der Waals surface area contributed by atoms with Gasteiger partial charge in [0.2, 0.25) is 20.0 Å². The highest BCUT2D eigenvalue weighted by Gasteiger charge is 2.37. The van der Waals surface area contributed by atoms with E-state index >= 15 is 0 Å². The Balaban J connectivity index is 0.688. The SMILES string of the molecule is CN(C)C1Cc2ccc(Cl)cc2[C@@H]1Oc1ccc(S(=O)(=O)NCCOCCOCCNC(=O)NCCCCNC(=O)NCCOCCOCCNS(=O)(=O)c2ccc(O[C@H]3c4cc(Cl)ccc4C[C@@H]3N(C)C)cc2)cc1. The Morgan fingerprint density at radius 2 is 0.829 bits per heavy atom. The average molecular weight is 1140 g/mol. The summed E-state index contributed by atoms with van der Waals surface area (Å²) >= 11 is 12.6. The molecule has 76 heavy (non-hydrogen) atoms. The molecule has 4 atom stereocenters. The van der Waals surface area contributed by atoms with Crippen molar-refractivity contribution in [3.05, 3.63) is 117 Å². The van der Waals surface area contributed by atoms with Crippen LogP contribution < -0.4 is 40.2 Å². The predicted octanol–water partition coefficient (Wildman–Crippen LogP) is 4.91. The van der Waals surface area contributed by atoms with Crippen LogP contribution in [0, 0.1) is 0 Å². The smallest absolute Gasteiger partial charge is 0.314 e. The Morgan fingerprint density at radius 3 is 1.18 bits per heavy atom. The first-order chi connectivity index (χ1) is 36.5. The van der Waals surface area contributed by atoms with Crippen molar-refractivity contribution < 1.29 is 54.8 Å². The van der Waals surface area contributed by atoms with E-state index < -0.39 is 20.0 Å². The normalized spacial score (nSPS) is 17.1. The van der Waals surface area contributed by atoms with Gasteiger partial charge in [0.05, 0.1) is 74.7 Å². The van der Waals surface area contributed by atoms with Gasteiger partial charge in [0.1, 0.15) is 23.7 Å². The molecule has 4 aromatic carbocycles. The number of carbonyl (C=O) groups is 2. The molecule has 20 nitrogen and oxygen atoms in total. The van der Waals surface area contributed by atoms with Crippen LogP contribution in [0.15, 0.2) is 94.7 Å². The molecule has 0 aliphatic heterocycles. The van der Waals surface area contributed by atoms with Gasteiger partial charge in [-0.1, -0.05) is 35.3 Å². The summed E-state index contributed by atoms with van der Waals surface area (Å²) in [6.45, 7) is 3.45. The number of hydrogen-bond donors (Lipinski definition) is 6. The second kappa shape index (κ2) is 30.4. The lowest BCUT2D eigenvalue weighted by atomic mass is 10.1. The molecule has 4 aromatic rings.